The van der Waals surface area contributed by atoms with Gasteiger partial charge in [0.15, 0.2) is 11.5 Å². The number of ether oxygens (including phenoxy) is 2. The van der Waals surface area contributed by atoms with Gasteiger partial charge in [0.25, 0.3) is 0 Å². The van der Waals surface area contributed by atoms with Crippen molar-refractivity contribution in [2.75, 3.05) is 12.4 Å². The van der Waals surface area contributed by atoms with Crippen LogP contribution in [0.15, 0.2) is 18.2 Å². The third-order valence-corrected chi connectivity index (χ3v) is 3.09. The highest BCUT2D eigenvalue weighted by Gasteiger charge is 2.48. The number of anilines is 1. The summed E-state index contributed by atoms with van der Waals surface area (Å²) < 4.78 is 33.7. The van der Waals surface area contributed by atoms with Crippen LogP contribution in [0, 0.1) is 11.8 Å². The van der Waals surface area contributed by atoms with Gasteiger partial charge >= 0.3 is 12.6 Å². The van der Waals surface area contributed by atoms with Crippen LogP contribution in [-0.4, -0.2) is 30.7 Å². The van der Waals surface area contributed by atoms with E-state index in [0.717, 1.165) is 0 Å². The molecule has 1 amide bonds. The number of carbonyl (C=O) groups excluding carboxylic acids is 1. The summed E-state index contributed by atoms with van der Waals surface area (Å²) in [6.07, 6.45) is 0.276. The molecule has 1 saturated carbocycles. The summed E-state index contributed by atoms with van der Waals surface area (Å²) in [4.78, 5) is 22.5. The first kappa shape index (κ1) is 15.0. The van der Waals surface area contributed by atoms with Gasteiger partial charge in [-0.25, -0.2) is 0 Å². The van der Waals surface area contributed by atoms with Gasteiger partial charge in [-0.05, 0) is 18.6 Å². The minimum atomic E-state index is -3.02. The molecule has 0 aliphatic heterocycles. The normalized spacial score (nSPS) is 20.0. The third kappa shape index (κ3) is 3.59. The molecule has 0 aromatic heterocycles. The van der Waals surface area contributed by atoms with E-state index < -0.39 is 30.3 Å². The first-order valence-electron chi connectivity index (χ1n) is 6.09. The van der Waals surface area contributed by atoms with Crippen LogP contribution in [0.1, 0.15) is 6.42 Å². The number of benzene rings is 1. The highest BCUT2D eigenvalue weighted by molar-refractivity contribution is 5.98. The van der Waals surface area contributed by atoms with Gasteiger partial charge < -0.3 is 19.9 Å². The fraction of sp³-hybridized carbons (Fsp3) is 0.385. The van der Waals surface area contributed by atoms with Gasteiger partial charge in [0.05, 0.1) is 18.9 Å². The monoisotopic (exact) mass is 301 g/mol. The number of halogens is 2. The molecule has 2 atom stereocenters. The zero-order chi connectivity index (χ0) is 15.6. The van der Waals surface area contributed by atoms with Crippen molar-refractivity contribution in [2.45, 2.75) is 13.0 Å². The average molecular weight is 301 g/mol. The fourth-order valence-corrected chi connectivity index (χ4v) is 1.94. The quantitative estimate of drug-likeness (QED) is 0.839. The van der Waals surface area contributed by atoms with E-state index in [-0.39, 0.29) is 23.6 Å². The van der Waals surface area contributed by atoms with Crippen LogP contribution in [0.4, 0.5) is 14.5 Å². The lowest BCUT2D eigenvalue weighted by Crippen LogP contribution is -2.17. The van der Waals surface area contributed by atoms with Gasteiger partial charge in [-0.1, -0.05) is 0 Å². The highest BCUT2D eigenvalue weighted by atomic mass is 19.3. The highest BCUT2D eigenvalue weighted by Crippen LogP contribution is 2.40. The van der Waals surface area contributed by atoms with Crippen LogP contribution in [-0.2, 0) is 9.59 Å². The van der Waals surface area contributed by atoms with E-state index in [1.807, 2.05) is 0 Å². The lowest BCUT2D eigenvalue weighted by atomic mass is 10.2. The van der Waals surface area contributed by atoms with Crippen molar-refractivity contribution in [2.24, 2.45) is 11.8 Å². The number of rotatable bonds is 6. The van der Waals surface area contributed by atoms with Gasteiger partial charge in [0.1, 0.15) is 0 Å². The first-order valence-corrected chi connectivity index (χ1v) is 6.09. The number of carbonyl (C=O) groups is 2. The molecule has 1 aromatic rings. The van der Waals surface area contributed by atoms with Gasteiger partial charge in [-0.15, -0.1) is 0 Å². The number of methoxy groups -OCH3 is 1. The van der Waals surface area contributed by atoms with E-state index in [0.29, 0.717) is 0 Å². The maximum atomic E-state index is 12.3. The molecular weight excluding hydrogens is 288 g/mol. The van der Waals surface area contributed by atoms with E-state index in [1.165, 1.54) is 25.3 Å². The Kier molecular flexibility index (Phi) is 4.25. The fourth-order valence-electron chi connectivity index (χ4n) is 1.94. The smallest absolute Gasteiger partial charge is 0.387 e. The number of amides is 1. The maximum Gasteiger partial charge on any atom is 0.387 e. The van der Waals surface area contributed by atoms with Crippen LogP contribution in [0.25, 0.3) is 0 Å². The molecule has 0 radical (unpaired) electrons. The Morgan fingerprint density at radius 3 is 2.57 bits per heavy atom. The predicted molar refractivity (Wildman–Crippen MR) is 67.5 cm³/mol. The molecule has 1 aliphatic rings. The molecule has 0 spiro atoms. The molecule has 114 valence electrons. The van der Waals surface area contributed by atoms with Crippen molar-refractivity contribution >= 4 is 17.6 Å². The molecule has 0 saturated heterocycles. The van der Waals surface area contributed by atoms with Crippen LogP contribution >= 0.6 is 0 Å². The van der Waals surface area contributed by atoms with Crippen molar-refractivity contribution < 1.29 is 33.0 Å². The summed E-state index contributed by atoms with van der Waals surface area (Å²) in [5.74, 6) is -2.87. The Bertz CT molecular complexity index is 563. The SMILES string of the molecule is COc1ccc(NC(=O)C2CC2C(=O)O)cc1OC(F)F. The zero-order valence-corrected chi connectivity index (χ0v) is 11.0. The molecule has 1 aliphatic carbocycles. The summed E-state index contributed by atoms with van der Waals surface area (Å²) in [7, 11) is 1.30. The van der Waals surface area contributed by atoms with Gasteiger partial charge in [-0.3, -0.25) is 9.59 Å². The molecule has 2 N–H and O–H groups in total. The molecular formula is C13H13F2NO5. The van der Waals surface area contributed by atoms with Crippen molar-refractivity contribution in [1.82, 2.24) is 0 Å². The molecule has 0 heterocycles. The van der Waals surface area contributed by atoms with E-state index in [2.05, 4.69) is 10.1 Å². The lowest BCUT2D eigenvalue weighted by Gasteiger charge is -2.12. The van der Waals surface area contributed by atoms with Crippen molar-refractivity contribution in [3.63, 3.8) is 0 Å². The molecule has 6 nitrogen and oxygen atoms in total. The second-order valence-electron chi connectivity index (χ2n) is 4.52. The van der Waals surface area contributed by atoms with Gasteiger partial charge in [0, 0.05) is 11.8 Å². The Labute approximate surface area is 118 Å². The molecule has 1 aromatic carbocycles. The summed E-state index contributed by atoms with van der Waals surface area (Å²) >= 11 is 0. The second-order valence-corrected chi connectivity index (χ2v) is 4.52. The number of hydrogen-bond acceptors (Lipinski definition) is 4. The average Bonchev–Trinajstić information content (AvgIpc) is 3.18. The predicted octanol–water partition coefficient (Wildman–Crippen LogP) is 1.96. The van der Waals surface area contributed by atoms with Gasteiger partial charge in [0.2, 0.25) is 5.91 Å². The standard InChI is InChI=1S/C13H13F2NO5/c1-20-9-3-2-6(4-10(9)21-13(14)15)16-11(17)7-5-8(7)12(18)19/h2-4,7-8,13H,5H2,1H3,(H,16,17)(H,18,19). The largest absolute Gasteiger partial charge is 0.493 e. The van der Waals surface area contributed by atoms with E-state index in [9.17, 15) is 18.4 Å². The van der Waals surface area contributed by atoms with Crippen LogP contribution < -0.4 is 14.8 Å². The van der Waals surface area contributed by atoms with E-state index >= 15 is 0 Å². The van der Waals surface area contributed by atoms with Crippen molar-refractivity contribution in [1.29, 1.82) is 0 Å². The number of carboxylic acid groups (broad SMARTS) is 1. The van der Waals surface area contributed by atoms with Crippen molar-refractivity contribution in [3.8, 4) is 11.5 Å². The van der Waals surface area contributed by atoms with Crippen LogP contribution in [0.5, 0.6) is 11.5 Å². The van der Waals surface area contributed by atoms with E-state index in [1.54, 1.807) is 0 Å². The minimum absolute atomic E-state index is 0.100. The summed E-state index contributed by atoms with van der Waals surface area (Å²) in [6.45, 7) is -3.02. The minimum Gasteiger partial charge on any atom is -0.493 e. The van der Waals surface area contributed by atoms with Crippen LogP contribution in [0.2, 0.25) is 0 Å². The maximum absolute atomic E-state index is 12.3. The topological polar surface area (TPSA) is 84.9 Å². The summed E-state index contributed by atoms with van der Waals surface area (Å²) in [5, 5.41) is 11.2. The van der Waals surface area contributed by atoms with Gasteiger partial charge in [-0.2, -0.15) is 8.78 Å². The first-order chi connectivity index (χ1) is 9.92. The zero-order valence-electron chi connectivity index (χ0n) is 11.0. The molecule has 8 heteroatoms. The lowest BCUT2D eigenvalue weighted by molar-refractivity contribution is -0.139. The number of carboxylic acids is 1. The number of nitrogens with one attached hydrogen (secondary N) is 1. The molecule has 2 unspecified atom stereocenters. The number of aliphatic carboxylic acids is 1. The summed E-state index contributed by atoms with van der Waals surface area (Å²) in [5.41, 5.74) is 0.229. The Balaban J connectivity index is 2.07. The van der Waals surface area contributed by atoms with Crippen LogP contribution in [0.3, 0.4) is 0 Å². The molecule has 0 bridgehead atoms. The molecule has 1 fully saturated rings. The third-order valence-electron chi connectivity index (χ3n) is 3.09. The number of alkyl halides is 2. The van der Waals surface area contributed by atoms with E-state index in [4.69, 9.17) is 9.84 Å². The van der Waals surface area contributed by atoms with Crippen molar-refractivity contribution in [3.05, 3.63) is 18.2 Å². The molecule has 21 heavy (non-hydrogen) atoms. The number of hydrogen-bond donors (Lipinski definition) is 2. The Morgan fingerprint density at radius 2 is 2.05 bits per heavy atom. The Morgan fingerprint density at radius 1 is 1.33 bits per heavy atom. The molecule has 2 rings (SSSR count). The Hall–Kier alpha value is -2.38. The second kappa shape index (κ2) is 5.94. The summed E-state index contributed by atoms with van der Waals surface area (Å²) in [6, 6.07) is 4.02.